The third kappa shape index (κ3) is 10.3. The molecule has 1 fully saturated rings. The lowest BCUT2D eigenvalue weighted by molar-refractivity contribution is -0.179. The van der Waals surface area contributed by atoms with Gasteiger partial charge in [0, 0.05) is 25.3 Å². The third-order valence-electron chi connectivity index (χ3n) is 8.77. The van der Waals surface area contributed by atoms with Crippen molar-refractivity contribution in [3.8, 4) is 5.75 Å². The van der Waals surface area contributed by atoms with Crippen LogP contribution in [0.5, 0.6) is 5.75 Å². The molecule has 2 aromatic rings. The van der Waals surface area contributed by atoms with Crippen molar-refractivity contribution in [1.82, 2.24) is 10.6 Å². The Morgan fingerprint density at radius 1 is 1.02 bits per heavy atom. The van der Waals surface area contributed by atoms with Crippen LogP contribution in [0.2, 0.25) is 5.02 Å². The van der Waals surface area contributed by atoms with Crippen LogP contribution in [0.1, 0.15) is 70.3 Å². The molecule has 2 heterocycles. The maximum Gasteiger partial charge on any atom is 0.347 e. The van der Waals surface area contributed by atoms with Crippen LogP contribution in [0.25, 0.3) is 0 Å². The van der Waals surface area contributed by atoms with E-state index >= 15 is 0 Å². The minimum absolute atomic E-state index is 0.00322. The number of methoxy groups -OCH3 is 1. The number of carbonyl (C=O) groups excluding carboxylic acids is 4. The molecule has 2 aliphatic heterocycles. The molecule has 0 unspecified atom stereocenters. The second-order valence-electron chi connectivity index (χ2n) is 13.8. The fourth-order valence-corrected chi connectivity index (χ4v) is 5.92. The van der Waals surface area contributed by atoms with E-state index in [2.05, 4.69) is 10.6 Å². The molecule has 0 aliphatic carbocycles. The number of hydrogen-bond acceptors (Lipinski definition) is 9. The Hall–Kier alpha value is -3.93. The van der Waals surface area contributed by atoms with Gasteiger partial charge in [-0.2, -0.15) is 0 Å². The number of ether oxygens (including phenoxy) is 4. The second-order valence-corrected chi connectivity index (χ2v) is 14.2. The van der Waals surface area contributed by atoms with E-state index in [1.807, 2.05) is 45.0 Å². The molecule has 266 valence electrons. The van der Waals surface area contributed by atoms with Gasteiger partial charge in [0.05, 0.1) is 30.3 Å². The highest BCUT2D eigenvalue weighted by Gasteiger charge is 2.48. The first-order valence-electron chi connectivity index (χ1n) is 16.6. The zero-order valence-corrected chi connectivity index (χ0v) is 29.6. The van der Waals surface area contributed by atoms with Gasteiger partial charge in [0.2, 0.25) is 11.8 Å². The summed E-state index contributed by atoms with van der Waals surface area (Å²) >= 11 is 6.32. The second kappa shape index (κ2) is 16.7. The number of halogens is 1. The molecule has 49 heavy (non-hydrogen) atoms. The molecule has 0 bridgehead atoms. The Morgan fingerprint density at radius 2 is 1.71 bits per heavy atom. The number of esters is 2. The Balaban J connectivity index is 1.60. The van der Waals surface area contributed by atoms with Crippen LogP contribution >= 0.6 is 11.6 Å². The van der Waals surface area contributed by atoms with Crippen molar-refractivity contribution in [2.45, 2.75) is 90.9 Å². The van der Waals surface area contributed by atoms with E-state index in [0.29, 0.717) is 16.3 Å². The minimum atomic E-state index is -1.21. The topological polar surface area (TPSA) is 153 Å². The average molecular weight is 699 g/mol. The van der Waals surface area contributed by atoms with Crippen molar-refractivity contribution in [2.75, 3.05) is 13.7 Å². The highest BCUT2D eigenvalue weighted by Crippen LogP contribution is 2.45. The molecule has 0 spiro atoms. The number of aliphatic hydroxyl groups excluding tert-OH is 1. The van der Waals surface area contributed by atoms with Crippen molar-refractivity contribution in [3.05, 3.63) is 76.3 Å². The number of cyclic esters (lactones) is 2. The van der Waals surface area contributed by atoms with E-state index in [9.17, 15) is 24.3 Å². The highest BCUT2D eigenvalue weighted by atomic mass is 35.5. The molecule has 2 amide bonds. The summed E-state index contributed by atoms with van der Waals surface area (Å²) in [4.78, 5) is 53.7. The van der Waals surface area contributed by atoms with Crippen LogP contribution in [-0.4, -0.2) is 66.9 Å². The molecule has 0 radical (unpaired) electrons. The molecule has 4 rings (SSSR count). The number of aliphatic hydroxyl groups is 1. The molecular weight excluding hydrogens is 652 g/mol. The molecule has 3 N–H and O–H groups in total. The SMILES string of the molecule is COc1ccc(C[C@H]2NC(=O)/C=C/C[C@@H]([C@H](C)[C@@H]3O[C@H]3c3ccc(CO)cc3)OC(=O)[C@H](CC(C)C)OC(=O)C(C)(C)CNC2=O)cc1Cl. The molecule has 0 aromatic heterocycles. The number of benzene rings is 2. The van der Waals surface area contributed by atoms with E-state index in [1.165, 1.54) is 13.2 Å². The summed E-state index contributed by atoms with van der Waals surface area (Å²) in [5, 5.41) is 15.3. The lowest BCUT2D eigenvalue weighted by Gasteiger charge is -2.29. The van der Waals surface area contributed by atoms with Crippen LogP contribution in [0, 0.1) is 17.3 Å². The fraction of sp³-hybridized carbons (Fsp3) is 0.514. The van der Waals surface area contributed by atoms with Gasteiger partial charge in [-0.3, -0.25) is 14.4 Å². The number of carbonyl (C=O) groups is 4. The van der Waals surface area contributed by atoms with Gasteiger partial charge >= 0.3 is 11.9 Å². The van der Waals surface area contributed by atoms with E-state index in [-0.39, 0.29) is 56.5 Å². The Labute approximate surface area is 292 Å². The molecule has 2 aromatic carbocycles. The molecule has 1 saturated heterocycles. The minimum Gasteiger partial charge on any atom is -0.495 e. The van der Waals surface area contributed by atoms with Crippen molar-refractivity contribution in [1.29, 1.82) is 0 Å². The highest BCUT2D eigenvalue weighted by molar-refractivity contribution is 6.32. The van der Waals surface area contributed by atoms with Crippen LogP contribution in [-0.2, 0) is 46.4 Å². The van der Waals surface area contributed by atoms with E-state index < -0.39 is 47.4 Å². The number of rotatable bonds is 9. The molecule has 11 nitrogen and oxygen atoms in total. The van der Waals surface area contributed by atoms with Gasteiger partial charge < -0.3 is 34.7 Å². The van der Waals surface area contributed by atoms with E-state index in [4.69, 9.17) is 30.5 Å². The monoisotopic (exact) mass is 698 g/mol. The lowest BCUT2D eigenvalue weighted by atomic mass is 9.92. The van der Waals surface area contributed by atoms with Gasteiger partial charge in [-0.05, 0) is 61.1 Å². The van der Waals surface area contributed by atoms with Crippen LogP contribution < -0.4 is 15.4 Å². The normalized spacial score (nSPS) is 26.2. The predicted molar refractivity (Wildman–Crippen MR) is 183 cm³/mol. The summed E-state index contributed by atoms with van der Waals surface area (Å²) in [6.07, 6.45) is 1.01. The molecule has 6 atom stereocenters. The summed E-state index contributed by atoms with van der Waals surface area (Å²) in [5.41, 5.74) is 1.18. The van der Waals surface area contributed by atoms with Crippen molar-refractivity contribution in [2.24, 2.45) is 17.3 Å². The summed E-state index contributed by atoms with van der Waals surface area (Å²) < 4.78 is 23.1. The average Bonchev–Trinajstić information content (AvgIpc) is 3.86. The standard InChI is InChI=1S/C37H47ClN2O9/c1-21(2)16-30-35(44)47-28(22(3)32-33(49-32)25-13-10-23(19-41)11-14-25)8-7-9-31(42)40-27(18-24-12-15-29(46-6)26(38)17-24)34(43)39-20-37(4,5)36(45)48-30/h7,9-15,17,21-22,27-28,30,32-33,41H,8,16,18-20H2,1-6H3,(H,39,43)(H,40,42)/b9-7+/t22-,27+,28-,30-,32-,33-/m0/s1. The zero-order chi connectivity index (χ0) is 35.9. The van der Waals surface area contributed by atoms with Crippen molar-refractivity contribution in [3.63, 3.8) is 0 Å². The number of amides is 2. The Kier molecular flexibility index (Phi) is 12.9. The van der Waals surface area contributed by atoms with Crippen molar-refractivity contribution < 1.29 is 43.2 Å². The number of epoxide rings is 1. The summed E-state index contributed by atoms with van der Waals surface area (Å²) in [6, 6.07) is 11.5. The lowest BCUT2D eigenvalue weighted by Crippen LogP contribution is -2.51. The fourth-order valence-electron chi connectivity index (χ4n) is 5.63. The largest absolute Gasteiger partial charge is 0.495 e. The van der Waals surface area contributed by atoms with Crippen LogP contribution in [0.4, 0.5) is 0 Å². The Bertz CT molecular complexity index is 1520. The zero-order valence-electron chi connectivity index (χ0n) is 28.9. The van der Waals surface area contributed by atoms with Gasteiger partial charge in [0.15, 0.2) is 6.10 Å². The third-order valence-corrected chi connectivity index (χ3v) is 9.07. The van der Waals surface area contributed by atoms with E-state index in [0.717, 1.165) is 11.1 Å². The predicted octanol–water partition coefficient (Wildman–Crippen LogP) is 4.62. The molecule has 0 saturated carbocycles. The summed E-state index contributed by atoms with van der Waals surface area (Å²) in [5.74, 6) is -2.21. The summed E-state index contributed by atoms with van der Waals surface area (Å²) in [7, 11) is 1.50. The maximum atomic E-state index is 13.6. The summed E-state index contributed by atoms with van der Waals surface area (Å²) in [6.45, 7) is 8.77. The van der Waals surface area contributed by atoms with Crippen LogP contribution in [0.3, 0.4) is 0 Å². The first kappa shape index (κ1) is 37.9. The first-order valence-corrected chi connectivity index (χ1v) is 16.9. The quantitative estimate of drug-likeness (QED) is 0.252. The van der Waals surface area contributed by atoms with Gasteiger partial charge in [0.25, 0.3) is 0 Å². The van der Waals surface area contributed by atoms with E-state index in [1.54, 1.807) is 38.1 Å². The van der Waals surface area contributed by atoms with Gasteiger partial charge in [-0.25, -0.2) is 4.79 Å². The van der Waals surface area contributed by atoms with Gasteiger partial charge in [-0.1, -0.05) is 68.8 Å². The van der Waals surface area contributed by atoms with Crippen LogP contribution in [0.15, 0.2) is 54.6 Å². The molecule has 12 heteroatoms. The number of nitrogens with one attached hydrogen (secondary N) is 2. The van der Waals surface area contributed by atoms with Gasteiger partial charge in [0.1, 0.15) is 24.0 Å². The van der Waals surface area contributed by atoms with Crippen molar-refractivity contribution >= 4 is 35.4 Å². The first-order chi connectivity index (χ1) is 23.2. The maximum absolute atomic E-state index is 13.6. The Morgan fingerprint density at radius 3 is 2.35 bits per heavy atom. The molecule has 2 aliphatic rings. The molecular formula is C37H47ClN2O9. The number of hydrogen-bond donors (Lipinski definition) is 3. The smallest absolute Gasteiger partial charge is 0.347 e. The van der Waals surface area contributed by atoms with Gasteiger partial charge in [-0.15, -0.1) is 0 Å².